The second kappa shape index (κ2) is 10.6. The van der Waals surface area contributed by atoms with Gasteiger partial charge in [-0.2, -0.15) is 0 Å². The number of aryl methyl sites for hydroxylation is 1. The van der Waals surface area contributed by atoms with Crippen LogP contribution in [0.1, 0.15) is 11.3 Å². The Morgan fingerprint density at radius 2 is 1.79 bits per heavy atom. The maximum atomic E-state index is 13.2. The molecule has 1 heterocycles. The Balaban J connectivity index is 1.51. The average molecular weight is 481 g/mol. The lowest BCUT2D eigenvalue weighted by atomic mass is 10.2. The number of halogens is 2. The molecule has 3 aromatic carbocycles. The summed E-state index contributed by atoms with van der Waals surface area (Å²) in [6.45, 7) is 2.52. The molecule has 5 nitrogen and oxygen atoms in total. The van der Waals surface area contributed by atoms with E-state index in [0.29, 0.717) is 22.4 Å². The van der Waals surface area contributed by atoms with Crippen LogP contribution in [0, 0.1) is 12.7 Å². The van der Waals surface area contributed by atoms with E-state index < -0.39 is 0 Å². The lowest BCUT2D eigenvalue weighted by Gasteiger charge is -2.13. The highest BCUT2D eigenvalue weighted by molar-refractivity contribution is 7.99. The maximum absolute atomic E-state index is 13.2. The Bertz CT molecular complexity index is 1240. The van der Waals surface area contributed by atoms with Gasteiger partial charge in [0, 0.05) is 11.4 Å². The van der Waals surface area contributed by atoms with Crippen LogP contribution >= 0.6 is 23.4 Å². The van der Waals surface area contributed by atoms with Crippen molar-refractivity contribution < 1.29 is 9.18 Å². The van der Waals surface area contributed by atoms with Gasteiger partial charge in [0.1, 0.15) is 5.82 Å². The van der Waals surface area contributed by atoms with Gasteiger partial charge < -0.3 is 10.6 Å². The number of carbonyl (C=O) groups is 1. The molecule has 1 amide bonds. The van der Waals surface area contributed by atoms with Crippen molar-refractivity contribution in [3.63, 3.8) is 0 Å². The molecule has 0 aliphatic carbocycles. The topological polar surface area (TPSA) is 59.0 Å². The predicted octanol–water partition coefficient (Wildman–Crippen LogP) is 6.32. The van der Waals surface area contributed by atoms with Crippen LogP contribution in [0.4, 0.5) is 15.8 Å². The fourth-order valence-electron chi connectivity index (χ4n) is 3.20. The lowest BCUT2D eigenvalue weighted by Crippen LogP contribution is -2.15. The average Bonchev–Trinajstić information content (AvgIpc) is 3.22. The first-order chi connectivity index (χ1) is 16.0. The summed E-state index contributed by atoms with van der Waals surface area (Å²) < 4.78 is 15.2. The van der Waals surface area contributed by atoms with E-state index in [-0.39, 0.29) is 17.5 Å². The van der Waals surface area contributed by atoms with Gasteiger partial charge in [-0.1, -0.05) is 53.2 Å². The van der Waals surface area contributed by atoms with Crippen molar-refractivity contribution in [2.45, 2.75) is 18.6 Å². The number of thioether (sulfide) groups is 1. The molecular formula is C25H22ClFN4OS. The summed E-state index contributed by atoms with van der Waals surface area (Å²) in [6.07, 6.45) is 1.78. The number of rotatable bonds is 8. The van der Waals surface area contributed by atoms with Gasteiger partial charge in [-0.15, -0.1) is 0 Å². The number of hydrogen-bond donors (Lipinski definition) is 2. The molecule has 0 fully saturated rings. The fraction of sp³-hybridized carbons (Fsp3) is 0.120. The summed E-state index contributed by atoms with van der Waals surface area (Å²) in [4.78, 5) is 17.1. The van der Waals surface area contributed by atoms with Crippen LogP contribution in [-0.4, -0.2) is 21.2 Å². The summed E-state index contributed by atoms with van der Waals surface area (Å²) in [6, 6.07) is 21.4. The Hall–Kier alpha value is -3.29. The highest BCUT2D eigenvalue weighted by Gasteiger charge is 2.15. The quantitative estimate of drug-likeness (QED) is 0.290. The minimum Gasteiger partial charge on any atom is -0.379 e. The number of nitrogens with zero attached hydrogens (tertiary/aromatic N) is 2. The molecular weight excluding hydrogens is 459 g/mol. The second-order valence-corrected chi connectivity index (χ2v) is 8.73. The van der Waals surface area contributed by atoms with Gasteiger partial charge in [-0.3, -0.25) is 9.36 Å². The van der Waals surface area contributed by atoms with Crippen LogP contribution in [0.3, 0.4) is 0 Å². The fourth-order valence-corrected chi connectivity index (χ4v) is 4.20. The summed E-state index contributed by atoms with van der Waals surface area (Å²) >= 11 is 7.48. The number of imidazole rings is 1. The van der Waals surface area contributed by atoms with Crippen LogP contribution < -0.4 is 10.6 Å². The molecule has 8 heteroatoms. The van der Waals surface area contributed by atoms with Crippen molar-refractivity contribution in [2.24, 2.45) is 0 Å². The van der Waals surface area contributed by atoms with Crippen molar-refractivity contribution >= 4 is 40.6 Å². The Morgan fingerprint density at radius 1 is 1.06 bits per heavy atom. The van der Waals surface area contributed by atoms with Gasteiger partial charge in [0.05, 0.1) is 34.9 Å². The van der Waals surface area contributed by atoms with Crippen LogP contribution in [0.15, 0.2) is 84.1 Å². The minimum absolute atomic E-state index is 0.169. The van der Waals surface area contributed by atoms with E-state index in [4.69, 9.17) is 11.6 Å². The smallest absolute Gasteiger partial charge is 0.234 e. The number of aromatic nitrogens is 2. The van der Waals surface area contributed by atoms with Gasteiger partial charge in [0.2, 0.25) is 5.91 Å². The van der Waals surface area contributed by atoms with E-state index in [9.17, 15) is 9.18 Å². The molecule has 4 rings (SSSR count). The summed E-state index contributed by atoms with van der Waals surface area (Å²) in [7, 11) is 0. The zero-order valence-corrected chi connectivity index (χ0v) is 19.5. The van der Waals surface area contributed by atoms with Crippen LogP contribution in [0.5, 0.6) is 0 Å². The first-order valence-electron chi connectivity index (χ1n) is 10.3. The number of hydrogen-bond acceptors (Lipinski definition) is 4. The Kier molecular flexibility index (Phi) is 7.32. The number of nitrogens with one attached hydrogen (secondary N) is 2. The van der Waals surface area contributed by atoms with E-state index in [0.717, 1.165) is 22.6 Å². The third-order valence-electron chi connectivity index (χ3n) is 4.89. The van der Waals surface area contributed by atoms with Crippen LogP contribution in [0.2, 0.25) is 5.02 Å². The normalized spacial score (nSPS) is 10.8. The molecule has 33 heavy (non-hydrogen) atoms. The maximum Gasteiger partial charge on any atom is 0.234 e. The molecule has 0 spiro atoms. The second-order valence-electron chi connectivity index (χ2n) is 7.38. The first kappa shape index (κ1) is 22.9. The molecule has 0 saturated carbocycles. The predicted molar refractivity (Wildman–Crippen MR) is 133 cm³/mol. The summed E-state index contributed by atoms with van der Waals surface area (Å²) in [5.74, 6) is -0.268. The molecule has 0 aliphatic rings. The molecule has 0 atom stereocenters. The van der Waals surface area contributed by atoms with Gasteiger partial charge in [-0.25, -0.2) is 9.37 Å². The largest absolute Gasteiger partial charge is 0.379 e. The summed E-state index contributed by atoms with van der Waals surface area (Å²) in [5, 5.41) is 7.32. The molecule has 2 N–H and O–H groups in total. The van der Waals surface area contributed by atoms with Gasteiger partial charge in [-0.05, 0) is 55.5 Å². The van der Waals surface area contributed by atoms with E-state index in [1.165, 1.54) is 23.9 Å². The molecule has 0 aliphatic heterocycles. The zero-order chi connectivity index (χ0) is 23.2. The molecule has 0 unspecified atom stereocenters. The standard InChI is InChI=1S/C25H22ClFN4OS/c1-17-6-12-20(13-7-17)31-21(14-28-19-10-8-18(27)9-11-19)15-29-25(31)33-16-24(32)30-23-5-3-2-4-22(23)26/h2-13,15,28H,14,16H2,1H3,(H,30,32). The van der Waals surface area contributed by atoms with Gasteiger partial charge in [0.15, 0.2) is 5.16 Å². The van der Waals surface area contributed by atoms with Crippen LogP contribution in [0.25, 0.3) is 5.69 Å². The highest BCUT2D eigenvalue weighted by atomic mass is 35.5. The third kappa shape index (κ3) is 5.94. The number of carbonyl (C=O) groups excluding carboxylic acids is 1. The highest BCUT2D eigenvalue weighted by Crippen LogP contribution is 2.26. The molecule has 1 aromatic heterocycles. The number of benzene rings is 3. The minimum atomic E-state index is -0.279. The molecule has 0 bridgehead atoms. The van der Waals surface area contributed by atoms with Crippen molar-refractivity contribution in [1.82, 2.24) is 9.55 Å². The van der Waals surface area contributed by atoms with Crippen molar-refractivity contribution in [1.29, 1.82) is 0 Å². The summed E-state index contributed by atoms with van der Waals surface area (Å²) in [5.41, 5.74) is 4.40. The lowest BCUT2D eigenvalue weighted by molar-refractivity contribution is -0.113. The van der Waals surface area contributed by atoms with E-state index in [1.807, 2.05) is 47.9 Å². The van der Waals surface area contributed by atoms with Crippen molar-refractivity contribution in [2.75, 3.05) is 16.4 Å². The zero-order valence-electron chi connectivity index (χ0n) is 17.9. The SMILES string of the molecule is Cc1ccc(-n2c(CNc3ccc(F)cc3)cnc2SCC(=O)Nc2ccccc2Cl)cc1. The Morgan fingerprint density at radius 3 is 2.52 bits per heavy atom. The third-order valence-corrected chi connectivity index (χ3v) is 6.18. The van der Waals surface area contributed by atoms with E-state index >= 15 is 0 Å². The number of para-hydroxylation sites is 1. The molecule has 168 valence electrons. The van der Waals surface area contributed by atoms with Crippen molar-refractivity contribution in [3.05, 3.63) is 101 Å². The number of anilines is 2. The van der Waals surface area contributed by atoms with Crippen LogP contribution in [-0.2, 0) is 11.3 Å². The Labute approximate surface area is 201 Å². The van der Waals surface area contributed by atoms with E-state index in [2.05, 4.69) is 15.6 Å². The monoisotopic (exact) mass is 480 g/mol. The molecule has 4 aromatic rings. The van der Waals surface area contributed by atoms with Crippen molar-refractivity contribution in [3.8, 4) is 5.69 Å². The van der Waals surface area contributed by atoms with E-state index in [1.54, 1.807) is 30.5 Å². The molecule has 0 radical (unpaired) electrons. The van der Waals surface area contributed by atoms with Gasteiger partial charge in [0.25, 0.3) is 0 Å². The van der Waals surface area contributed by atoms with Gasteiger partial charge >= 0.3 is 0 Å². The first-order valence-corrected chi connectivity index (χ1v) is 11.7. The number of amides is 1. The molecule has 0 saturated heterocycles.